The minimum atomic E-state index is -4.87. The zero-order valence-corrected chi connectivity index (χ0v) is 16.9. The first-order valence-electron chi connectivity index (χ1n) is 10.2. The molecule has 32 heavy (non-hydrogen) atoms. The van der Waals surface area contributed by atoms with Gasteiger partial charge in [-0.05, 0) is 30.5 Å². The number of benzene rings is 1. The molecule has 2 aliphatic heterocycles. The predicted octanol–water partition coefficient (Wildman–Crippen LogP) is 4.87. The molecule has 0 radical (unpaired) electrons. The second-order valence-electron chi connectivity index (χ2n) is 8.31. The number of halogens is 3. The maximum Gasteiger partial charge on any atom is 0.573 e. The van der Waals surface area contributed by atoms with Crippen molar-refractivity contribution < 1.29 is 27.4 Å². The van der Waals surface area contributed by atoms with Crippen molar-refractivity contribution in [3.8, 4) is 24.0 Å². The molecule has 4 unspecified atom stereocenters. The molecule has 10 heteroatoms. The van der Waals surface area contributed by atoms with Crippen molar-refractivity contribution in [2.45, 2.75) is 56.8 Å². The molecule has 7 nitrogen and oxygen atoms in total. The summed E-state index contributed by atoms with van der Waals surface area (Å²) in [5.41, 5.74) is -3.77. The maximum atomic E-state index is 12.5. The molecule has 0 spiro atoms. The van der Waals surface area contributed by atoms with Gasteiger partial charge in [0, 0.05) is 6.42 Å². The summed E-state index contributed by atoms with van der Waals surface area (Å²) in [5.74, 6) is -2.97. The topological polar surface area (TPSA) is 123 Å². The largest absolute Gasteiger partial charge is 0.573 e. The average molecular weight is 444 g/mol. The summed E-state index contributed by atoms with van der Waals surface area (Å²) in [6.07, 6.45) is -2.09. The Hall–Kier alpha value is -3.29. The summed E-state index contributed by atoms with van der Waals surface area (Å²) in [6.45, 7) is 0. The van der Waals surface area contributed by atoms with E-state index in [0.717, 1.165) is 31.4 Å². The van der Waals surface area contributed by atoms with Crippen LogP contribution >= 0.6 is 0 Å². The van der Waals surface area contributed by atoms with Crippen molar-refractivity contribution in [3.05, 3.63) is 29.8 Å². The first kappa shape index (κ1) is 21.9. The molecule has 0 amide bonds. The van der Waals surface area contributed by atoms with Crippen LogP contribution in [0.25, 0.3) is 0 Å². The Morgan fingerprint density at radius 1 is 1.00 bits per heavy atom. The lowest BCUT2D eigenvalue weighted by Crippen LogP contribution is -2.59. The van der Waals surface area contributed by atoms with Gasteiger partial charge in [-0.2, -0.15) is 15.8 Å². The van der Waals surface area contributed by atoms with Gasteiger partial charge in [-0.25, -0.2) is 0 Å². The van der Waals surface area contributed by atoms with Gasteiger partial charge in [0.25, 0.3) is 0 Å². The first-order chi connectivity index (χ1) is 15.2. The lowest BCUT2D eigenvalue weighted by molar-refractivity contribution is -0.289. The third-order valence-corrected chi connectivity index (χ3v) is 6.73. The lowest BCUT2D eigenvalue weighted by atomic mass is 9.52. The number of alkyl halides is 3. The molecule has 4 rings (SSSR count). The minimum Gasteiger partial charge on any atom is -0.447 e. The number of rotatable bonds is 2. The molecular formula is C22H19F3N4O3. The quantitative estimate of drug-likeness (QED) is 0.694. The molecule has 3 aliphatic rings. The van der Waals surface area contributed by atoms with Crippen molar-refractivity contribution in [3.63, 3.8) is 0 Å². The van der Waals surface area contributed by atoms with Gasteiger partial charge in [0.15, 0.2) is 5.41 Å². The van der Waals surface area contributed by atoms with E-state index in [-0.39, 0.29) is 5.56 Å². The molecule has 1 N–H and O–H groups in total. The second-order valence-corrected chi connectivity index (χ2v) is 8.31. The zero-order chi connectivity index (χ0) is 23.2. The zero-order valence-electron chi connectivity index (χ0n) is 16.9. The van der Waals surface area contributed by atoms with Gasteiger partial charge in [-0.1, -0.05) is 31.4 Å². The van der Waals surface area contributed by atoms with Gasteiger partial charge in [0.1, 0.15) is 11.9 Å². The van der Waals surface area contributed by atoms with Crippen LogP contribution < -0.4 is 4.74 Å². The summed E-state index contributed by atoms with van der Waals surface area (Å²) in [6, 6.07) is 10.6. The predicted molar refractivity (Wildman–Crippen MR) is 101 cm³/mol. The van der Waals surface area contributed by atoms with E-state index in [2.05, 4.69) is 10.8 Å². The lowest BCUT2D eigenvalue weighted by Gasteiger charge is -2.50. The van der Waals surface area contributed by atoms with Crippen LogP contribution in [-0.4, -0.2) is 18.0 Å². The molecule has 2 heterocycles. The molecule has 1 aliphatic carbocycles. The van der Waals surface area contributed by atoms with E-state index in [1.54, 1.807) is 0 Å². The highest BCUT2D eigenvalue weighted by Gasteiger charge is 2.80. The first-order valence-corrected chi connectivity index (χ1v) is 10.2. The third-order valence-electron chi connectivity index (χ3n) is 6.73. The van der Waals surface area contributed by atoms with Crippen LogP contribution in [0, 0.1) is 56.2 Å². The van der Waals surface area contributed by atoms with Crippen LogP contribution in [0.3, 0.4) is 0 Å². The molecule has 1 saturated carbocycles. The number of ether oxygens (including phenoxy) is 3. The van der Waals surface area contributed by atoms with E-state index in [0.29, 0.717) is 19.3 Å². The van der Waals surface area contributed by atoms with Gasteiger partial charge in [-0.15, -0.1) is 13.2 Å². The molecule has 4 atom stereocenters. The normalized spacial score (nSPS) is 33.3. The molecule has 1 aromatic carbocycles. The number of nitriles is 3. The molecule has 166 valence electrons. The number of nitrogens with zero attached hydrogens (tertiary/aromatic N) is 3. The van der Waals surface area contributed by atoms with E-state index in [1.807, 2.05) is 12.1 Å². The van der Waals surface area contributed by atoms with Gasteiger partial charge in [0.2, 0.25) is 17.1 Å². The maximum absolute atomic E-state index is 12.5. The smallest absolute Gasteiger partial charge is 0.447 e. The van der Waals surface area contributed by atoms with Crippen molar-refractivity contribution in [1.29, 1.82) is 21.2 Å². The summed E-state index contributed by atoms with van der Waals surface area (Å²) in [7, 11) is 0. The SMILES string of the molecule is N#CC1(C#N)C(c2ccc(OC(F)(F)F)cc2)OC23CCCCCCC2C1(C#N)C(=N)O3. The van der Waals surface area contributed by atoms with Gasteiger partial charge in [0.05, 0.1) is 24.1 Å². The fourth-order valence-corrected chi connectivity index (χ4v) is 5.36. The fraction of sp³-hybridized carbons (Fsp3) is 0.545. The van der Waals surface area contributed by atoms with Crippen molar-refractivity contribution >= 4 is 5.90 Å². The Morgan fingerprint density at radius 3 is 2.25 bits per heavy atom. The van der Waals surface area contributed by atoms with Crippen LogP contribution in [-0.2, 0) is 9.47 Å². The van der Waals surface area contributed by atoms with Crippen LogP contribution in [0.2, 0.25) is 0 Å². The third kappa shape index (κ3) is 2.92. The highest BCUT2D eigenvalue weighted by atomic mass is 19.4. The van der Waals surface area contributed by atoms with Crippen LogP contribution in [0.15, 0.2) is 24.3 Å². The molecule has 2 saturated heterocycles. The summed E-state index contributed by atoms with van der Waals surface area (Å²) in [4.78, 5) is 0. The molecule has 2 bridgehead atoms. The van der Waals surface area contributed by atoms with Crippen LogP contribution in [0.1, 0.15) is 50.2 Å². The van der Waals surface area contributed by atoms with E-state index >= 15 is 0 Å². The van der Waals surface area contributed by atoms with E-state index < -0.39 is 46.6 Å². The van der Waals surface area contributed by atoms with Crippen molar-refractivity contribution in [1.82, 2.24) is 0 Å². The van der Waals surface area contributed by atoms with Gasteiger partial charge >= 0.3 is 6.36 Å². The molecular weight excluding hydrogens is 425 g/mol. The average Bonchev–Trinajstić information content (AvgIpc) is 2.90. The van der Waals surface area contributed by atoms with Gasteiger partial charge in [-0.3, -0.25) is 5.41 Å². The number of nitrogens with one attached hydrogen (secondary N) is 1. The standard InChI is InChI=1S/C22H19F3N4O3/c23-22(24,25)30-15-8-6-14(7-9-15)17-19(11-26,12-27)20(13-28)16-5-3-1-2-4-10-21(16,31-17)32-18(20)29/h6-9,16-17,29H,1-5,10H2. The van der Waals surface area contributed by atoms with Crippen molar-refractivity contribution in [2.75, 3.05) is 0 Å². The Balaban J connectivity index is 1.86. The van der Waals surface area contributed by atoms with Crippen LogP contribution in [0.4, 0.5) is 13.2 Å². The highest BCUT2D eigenvalue weighted by Crippen LogP contribution is 2.68. The number of hydrogen-bond donors (Lipinski definition) is 1. The Kier molecular flexibility index (Phi) is 5.07. The second kappa shape index (κ2) is 7.39. The fourth-order valence-electron chi connectivity index (χ4n) is 5.36. The highest BCUT2D eigenvalue weighted by molar-refractivity contribution is 5.89. The van der Waals surface area contributed by atoms with E-state index in [9.17, 15) is 29.0 Å². The number of hydrogen-bond acceptors (Lipinski definition) is 7. The Labute approximate surface area is 182 Å². The minimum absolute atomic E-state index is 0.223. The molecule has 0 aromatic heterocycles. The molecule has 1 aromatic rings. The summed E-state index contributed by atoms with van der Waals surface area (Å²) >= 11 is 0. The van der Waals surface area contributed by atoms with E-state index in [1.165, 1.54) is 12.1 Å². The van der Waals surface area contributed by atoms with Crippen molar-refractivity contribution in [2.24, 2.45) is 16.7 Å². The summed E-state index contributed by atoms with van der Waals surface area (Å²) in [5, 5.41) is 39.2. The Morgan fingerprint density at radius 2 is 1.66 bits per heavy atom. The summed E-state index contributed by atoms with van der Waals surface area (Å²) < 4.78 is 53.6. The van der Waals surface area contributed by atoms with Crippen LogP contribution in [0.5, 0.6) is 5.75 Å². The monoisotopic (exact) mass is 444 g/mol. The van der Waals surface area contributed by atoms with Gasteiger partial charge < -0.3 is 14.2 Å². The molecule has 3 fully saturated rings. The van der Waals surface area contributed by atoms with E-state index in [4.69, 9.17) is 14.9 Å². The Bertz CT molecular complexity index is 1040.